The van der Waals surface area contributed by atoms with Crippen molar-refractivity contribution in [3.63, 3.8) is 0 Å². The van der Waals surface area contributed by atoms with Gasteiger partial charge in [-0.25, -0.2) is 19.4 Å². The Bertz CT molecular complexity index is 1240. The maximum Gasteiger partial charge on any atom is 0.490 e. The minimum Gasteiger partial charge on any atom is -0.475 e. The molecule has 0 spiro atoms. The molecule has 0 aliphatic carbocycles. The van der Waals surface area contributed by atoms with Crippen LogP contribution in [0.3, 0.4) is 0 Å². The van der Waals surface area contributed by atoms with Crippen LogP contribution < -0.4 is 10.2 Å². The first kappa shape index (κ1) is 32.3. The Hall–Kier alpha value is -4.90. The molecule has 0 radical (unpaired) electrons. The molecule has 3 heterocycles. The lowest BCUT2D eigenvalue weighted by Crippen LogP contribution is -2.50. The monoisotopic (exact) mass is 591 g/mol. The SMILES string of the molecule is O=C(Nc1n[nH]c(Cc2ccccc2)n1)N1CCN(c2ccccn2)CC1.O=C(O)C(F)(F)F.O=C(O)C(F)(F)F. The summed E-state index contributed by atoms with van der Waals surface area (Å²) < 4.78 is 63.5. The first-order chi connectivity index (χ1) is 19.2. The van der Waals surface area contributed by atoms with Crippen molar-refractivity contribution in [2.24, 2.45) is 0 Å². The number of aromatic nitrogens is 4. The van der Waals surface area contributed by atoms with Gasteiger partial charge in [-0.2, -0.15) is 31.3 Å². The first-order valence-electron chi connectivity index (χ1n) is 11.4. The number of carboxylic acids is 2. The minimum atomic E-state index is -5.08. The van der Waals surface area contributed by atoms with Crippen LogP contribution in [-0.4, -0.2) is 91.8 Å². The Morgan fingerprint density at radius 2 is 1.39 bits per heavy atom. The highest BCUT2D eigenvalue weighted by molar-refractivity contribution is 5.87. The second kappa shape index (κ2) is 14.5. The average Bonchev–Trinajstić information content (AvgIpc) is 3.36. The van der Waals surface area contributed by atoms with Crippen LogP contribution in [0.2, 0.25) is 0 Å². The normalized spacial score (nSPS) is 13.2. The van der Waals surface area contributed by atoms with Crippen LogP contribution in [0.1, 0.15) is 11.4 Å². The number of amides is 2. The Morgan fingerprint density at radius 3 is 1.88 bits per heavy atom. The third kappa shape index (κ3) is 11.4. The Labute approximate surface area is 227 Å². The number of H-pyrrole nitrogens is 1. The molecule has 1 aliphatic rings. The number of carbonyl (C=O) groups excluding carboxylic acids is 1. The number of urea groups is 1. The van der Waals surface area contributed by atoms with Gasteiger partial charge in [0.25, 0.3) is 0 Å². The van der Waals surface area contributed by atoms with Crippen molar-refractivity contribution in [1.29, 1.82) is 0 Å². The molecule has 1 saturated heterocycles. The topological polar surface area (TPSA) is 165 Å². The number of nitrogens with zero attached hydrogens (tertiary/aromatic N) is 5. The zero-order valence-electron chi connectivity index (χ0n) is 20.9. The number of nitrogens with one attached hydrogen (secondary N) is 2. The lowest BCUT2D eigenvalue weighted by Gasteiger charge is -2.35. The van der Waals surface area contributed by atoms with Gasteiger partial charge >= 0.3 is 30.3 Å². The van der Waals surface area contributed by atoms with E-state index >= 15 is 0 Å². The van der Waals surface area contributed by atoms with Crippen LogP contribution in [0.25, 0.3) is 0 Å². The molecule has 3 aromatic rings. The molecule has 41 heavy (non-hydrogen) atoms. The van der Waals surface area contributed by atoms with E-state index in [0.29, 0.717) is 25.5 Å². The molecule has 2 aromatic heterocycles. The van der Waals surface area contributed by atoms with Gasteiger partial charge in [-0.3, -0.25) is 10.4 Å². The average molecular weight is 591 g/mol. The maximum atomic E-state index is 12.5. The van der Waals surface area contributed by atoms with E-state index in [1.165, 1.54) is 0 Å². The van der Waals surface area contributed by atoms with Crippen LogP contribution >= 0.6 is 0 Å². The molecular formula is C23H23F6N7O5. The molecule has 0 saturated carbocycles. The van der Waals surface area contributed by atoms with Crippen molar-refractivity contribution in [2.45, 2.75) is 18.8 Å². The number of piperazine rings is 1. The number of aliphatic carboxylic acids is 2. The molecule has 0 unspecified atom stereocenters. The van der Waals surface area contributed by atoms with Gasteiger partial charge in [-0.05, 0) is 17.7 Å². The number of anilines is 2. The van der Waals surface area contributed by atoms with Gasteiger partial charge in [-0.15, -0.1) is 5.10 Å². The van der Waals surface area contributed by atoms with E-state index in [0.717, 1.165) is 30.3 Å². The highest BCUT2D eigenvalue weighted by Gasteiger charge is 2.38. The van der Waals surface area contributed by atoms with E-state index in [2.05, 4.69) is 30.4 Å². The smallest absolute Gasteiger partial charge is 0.475 e. The number of pyridine rings is 1. The number of aromatic amines is 1. The summed E-state index contributed by atoms with van der Waals surface area (Å²) in [5.74, 6) is -3.55. The van der Waals surface area contributed by atoms with Gasteiger partial charge in [0.2, 0.25) is 5.95 Å². The van der Waals surface area contributed by atoms with Crippen LogP contribution in [0.15, 0.2) is 54.7 Å². The Kier molecular flexibility index (Phi) is 11.4. The van der Waals surface area contributed by atoms with Gasteiger partial charge in [0.1, 0.15) is 11.6 Å². The molecule has 4 rings (SSSR count). The van der Waals surface area contributed by atoms with Crippen LogP contribution in [0.4, 0.5) is 42.9 Å². The van der Waals surface area contributed by atoms with E-state index in [1.807, 2.05) is 48.5 Å². The van der Waals surface area contributed by atoms with Gasteiger partial charge in [0.05, 0.1) is 0 Å². The fraction of sp³-hybridized carbons (Fsp3) is 0.304. The van der Waals surface area contributed by atoms with E-state index < -0.39 is 24.3 Å². The van der Waals surface area contributed by atoms with Crippen molar-refractivity contribution in [3.05, 3.63) is 66.1 Å². The van der Waals surface area contributed by atoms with Gasteiger partial charge in [0, 0.05) is 38.8 Å². The number of halogens is 6. The van der Waals surface area contributed by atoms with Crippen LogP contribution in [-0.2, 0) is 16.0 Å². The molecule has 2 amide bonds. The zero-order valence-corrected chi connectivity index (χ0v) is 20.9. The molecule has 12 nitrogen and oxygen atoms in total. The quantitative estimate of drug-likeness (QED) is 0.333. The summed E-state index contributed by atoms with van der Waals surface area (Å²) >= 11 is 0. The highest BCUT2D eigenvalue weighted by Crippen LogP contribution is 2.15. The fourth-order valence-electron chi connectivity index (χ4n) is 3.07. The predicted molar refractivity (Wildman–Crippen MR) is 130 cm³/mol. The van der Waals surface area contributed by atoms with E-state index in [9.17, 15) is 31.1 Å². The largest absolute Gasteiger partial charge is 0.490 e. The Morgan fingerprint density at radius 1 is 0.854 bits per heavy atom. The van der Waals surface area contributed by atoms with E-state index in [1.54, 1.807) is 11.1 Å². The lowest BCUT2D eigenvalue weighted by atomic mass is 10.1. The Balaban J connectivity index is 0.000000349. The van der Waals surface area contributed by atoms with Crippen molar-refractivity contribution in [3.8, 4) is 0 Å². The number of carbonyl (C=O) groups is 3. The van der Waals surface area contributed by atoms with Gasteiger partial charge < -0.3 is 20.0 Å². The lowest BCUT2D eigenvalue weighted by molar-refractivity contribution is -0.193. The summed E-state index contributed by atoms with van der Waals surface area (Å²) in [6.45, 7) is 2.75. The third-order valence-corrected chi connectivity index (χ3v) is 4.99. The minimum absolute atomic E-state index is 0.180. The predicted octanol–water partition coefficient (Wildman–Crippen LogP) is 3.41. The van der Waals surface area contributed by atoms with Crippen molar-refractivity contribution >= 4 is 29.7 Å². The molecule has 1 fully saturated rings. The van der Waals surface area contributed by atoms with Crippen molar-refractivity contribution < 1.29 is 50.9 Å². The van der Waals surface area contributed by atoms with Crippen LogP contribution in [0, 0.1) is 0 Å². The van der Waals surface area contributed by atoms with Crippen LogP contribution in [0.5, 0.6) is 0 Å². The van der Waals surface area contributed by atoms with E-state index in [-0.39, 0.29) is 6.03 Å². The number of benzene rings is 1. The second-order valence-corrected chi connectivity index (χ2v) is 7.97. The standard InChI is InChI=1S/C19H21N7O.2C2HF3O2/c27-19(26-12-10-25(11-13-26)17-8-4-5-9-20-17)22-18-21-16(23-24-18)14-15-6-2-1-3-7-15;2*3-2(4,5)1(6)7/h1-9H,10-14H2,(H2,21,22,23,24,27);2*(H,6,7). The second-order valence-electron chi connectivity index (χ2n) is 7.97. The van der Waals surface area contributed by atoms with Gasteiger partial charge in [0.15, 0.2) is 0 Å². The third-order valence-electron chi connectivity index (χ3n) is 4.99. The molecule has 222 valence electrons. The number of hydrogen-bond acceptors (Lipinski definition) is 7. The molecular weight excluding hydrogens is 568 g/mol. The number of hydrogen-bond donors (Lipinski definition) is 4. The summed E-state index contributed by atoms with van der Waals surface area (Å²) in [6, 6.07) is 15.7. The number of rotatable bonds is 4. The fourth-order valence-corrected chi connectivity index (χ4v) is 3.07. The molecule has 0 atom stereocenters. The molecule has 18 heteroatoms. The molecule has 1 aromatic carbocycles. The highest BCUT2D eigenvalue weighted by atomic mass is 19.4. The summed E-state index contributed by atoms with van der Waals surface area (Å²) in [4.78, 5) is 42.9. The summed E-state index contributed by atoms with van der Waals surface area (Å²) in [7, 11) is 0. The van der Waals surface area contributed by atoms with E-state index in [4.69, 9.17) is 19.8 Å². The number of alkyl halides is 6. The van der Waals surface area contributed by atoms with Crippen molar-refractivity contribution in [1.82, 2.24) is 25.1 Å². The number of carboxylic acid groups (broad SMARTS) is 2. The first-order valence-corrected chi connectivity index (χ1v) is 11.4. The maximum absolute atomic E-state index is 12.5. The molecule has 4 N–H and O–H groups in total. The van der Waals surface area contributed by atoms with Gasteiger partial charge in [-0.1, -0.05) is 36.4 Å². The zero-order chi connectivity index (χ0) is 30.6. The molecule has 1 aliphatic heterocycles. The summed E-state index contributed by atoms with van der Waals surface area (Å²) in [6.07, 6.45) is -7.74. The van der Waals surface area contributed by atoms with Crippen molar-refractivity contribution in [2.75, 3.05) is 36.4 Å². The summed E-state index contributed by atoms with van der Waals surface area (Å²) in [5.41, 5.74) is 1.14. The summed E-state index contributed by atoms with van der Waals surface area (Å²) in [5, 5.41) is 24.0. The molecule has 0 bridgehead atoms.